The lowest BCUT2D eigenvalue weighted by Gasteiger charge is -2.31. The number of aryl methyl sites for hydroxylation is 1. The third-order valence-corrected chi connectivity index (χ3v) is 5.71. The van der Waals surface area contributed by atoms with Gasteiger partial charge in [0.05, 0.1) is 15.6 Å². The number of anilines is 4. The first-order chi connectivity index (χ1) is 15.7. The first-order valence-corrected chi connectivity index (χ1v) is 10.9. The Morgan fingerprint density at radius 2 is 1.76 bits per heavy atom. The van der Waals surface area contributed by atoms with E-state index < -0.39 is 11.8 Å². The van der Waals surface area contributed by atoms with Gasteiger partial charge in [-0.15, -0.1) is 0 Å². The van der Waals surface area contributed by atoms with Gasteiger partial charge < -0.3 is 15.5 Å². The van der Waals surface area contributed by atoms with Gasteiger partial charge in [-0.1, -0.05) is 29.3 Å². The topological polar surface area (TPSA) is 83.0 Å². The quantitative estimate of drug-likeness (QED) is 0.473. The molecule has 1 aliphatic heterocycles. The van der Waals surface area contributed by atoms with Crippen molar-refractivity contribution in [2.24, 2.45) is 0 Å². The third kappa shape index (κ3) is 5.66. The normalized spacial score (nSPS) is 15.2. The molecule has 4 rings (SSSR count). The standard InChI is InChI=1S/C22H20Cl2F2N6O/c1-13-11-18(31-21(28-13)32-9-6-22(25,26)7-10-32)30-17-12-14(5-8-27-17)29-20(33)19-15(23)3-2-4-16(19)24/h2-5,8,11-12H,6-7,9-10H2,1H3,(H2,27,28,29,30,31,33). The van der Waals surface area contributed by atoms with Gasteiger partial charge in [-0.05, 0) is 25.1 Å². The van der Waals surface area contributed by atoms with Crippen molar-refractivity contribution in [3.8, 4) is 0 Å². The van der Waals surface area contributed by atoms with Crippen molar-refractivity contribution in [1.29, 1.82) is 0 Å². The number of carbonyl (C=O) groups is 1. The Morgan fingerprint density at radius 1 is 1.06 bits per heavy atom. The molecule has 3 aromatic rings. The molecule has 0 spiro atoms. The highest BCUT2D eigenvalue weighted by molar-refractivity contribution is 6.40. The zero-order chi connectivity index (χ0) is 23.6. The molecule has 0 saturated carbocycles. The van der Waals surface area contributed by atoms with Gasteiger partial charge in [0.15, 0.2) is 0 Å². The Labute approximate surface area is 199 Å². The molecule has 0 radical (unpaired) electrons. The van der Waals surface area contributed by atoms with Crippen LogP contribution in [0.25, 0.3) is 0 Å². The second-order valence-corrected chi connectivity index (χ2v) is 8.46. The highest BCUT2D eigenvalue weighted by atomic mass is 35.5. The number of rotatable bonds is 5. The number of amides is 1. The molecule has 1 aliphatic rings. The van der Waals surface area contributed by atoms with Crippen molar-refractivity contribution < 1.29 is 13.6 Å². The molecule has 1 saturated heterocycles. The zero-order valence-corrected chi connectivity index (χ0v) is 19.1. The number of carbonyl (C=O) groups excluding carboxylic acids is 1. The van der Waals surface area contributed by atoms with Crippen LogP contribution in [0.2, 0.25) is 10.0 Å². The summed E-state index contributed by atoms with van der Waals surface area (Å²) in [6, 6.07) is 9.79. The fourth-order valence-electron chi connectivity index (χ4n) is 3.41. The highest BCUT2D eigenvalue weighted by Crippen LogP contribution is 2.30. The molecule has 1 aromatic carbocycles. The Bertz CT molecular complexity index is 1160. The fraction of sp³-hybridized carbons (Fsp3) is 0.273. The summed E-state index contributed by atoms with van der Waals surface area (Å²) in [6.45, 7) is 2.16. The first kappa shape index (κ1) is 23.1. The number of nitrogens with zero attached hydrogens (tertiary/aromatic N) is 4. The van der Waals surface area contributed by atoms with Crippen molar-refractivity contribution in [3.05, 3.63) is 63.9 Å². The maximum absolute atomic E-state index is 13.5. The molecule has 1 fully saturated rings. The van der Waals surface area contributed by atoms with E-state index in [1.807, 2.05) is 0 Å². The largest absolute Gasteiger partial charge is 0.340 e. The number of pyridine rings is 1. The average Bonchev–Trinajstić information content (AvgIpc) is 2.73. The second-order valence-electron chi connectivity index (χ2n) is 7.64. The number of alkyl halides is 2. The molecule has 0 atom stereocenters. The van der Waals surface area contributed by atoms with Crippen LogP contribution < -0.4 is 15.5 Å². The summed E-state index contributed by atoms with van der Waals surface area (Å²) in [5, 5.41) is 6.31. The second kappa shape index (κ2) is 9.44. The number of nitrogens with one attached hydrogen (secondary N) is 2. The molecule has 1 amide bonds. The minimum absolute atomic E-state index is 0.176. The lowest BCUT2D eigenvalue weighted by atomic mass is 10.1. The summed E-state index contributed by atoms with van der Waals surface area (Å²) < 4.78 is 27.0. The third-order valence-electron chi connectivity index (χ3n) is 5.08. The Kier molecular flexibility index (Phi) is 6.62. The van der Waals surface area contributed by atoms with E-state index in [-0.39, 0.29) is 41.5 Å². The summed E-state index contributed by atoms with van der Waals surface area (Å²) >= 11 is 12.2. The number of hydrogen-bond donors (Lipinski definition) is 2. The van der Waals surface area contributed by atoms with Gasteiger partial charge in [0.2, 0.25) is 5.95 Å². The number of hydrogen-bond acceptors (Lipinski definition) is 6. The predicted molar refractivity (Wildman–Crippen MR) is 125 cm³/mol. The van der Waals surface area contributed by atoms with Gasteiger partial charge >= 0.3 is 0 Å². The highest BCUT2D eigenvalue weighted by Gasteiger charge is 2.34. The van der Waals surface area contributed by atoms with Crippen molar-refractivity contribution in [3.63, 3.8) is 0 Å². The molecular formula is C22H20Cl2F2N6O. The molecular weight excluding hydrogens is 473 g/mol. The number of benzene rings is 1. The van der Waals surface area contributed by atoms with Crippen molar-refractivity contribution in [2.75, 3.05) is 28.6 Å². The van der Waals surface area contributed by atoms with E-state index in [0.717, 1.165) is 0 Å². The lowest BCUT2D eigenvalue weighted by molar-refractivity contribution is -0.0222. The van der Waals surface area contributed by atoms with Crippen LogP contribution in [-0.2, 0) is 0 Å². The van der Waals surface area contributed by atoms with Crippen LogP contribution in [0.15, 0.2) is 42.6 Å². The van der Waals surface area contributed by atoms with Crippen LogP contribution in [0.4, 0.5) is 32.1 Å². The minimum Gasteiger partial charge on any atom is -0.340 e. The molecule has 11 heteroatoms. The Morgan fingerprint density at radius 3 is 2.45 bits per heavy atom. The smallest absolute Gasteiger partial charge is 0.258 e. The summed E-state index contributed by atoms with van der Waals surface area (Å²) in [6.07, 6.45) is 1.06. The molecule has 2 aromatic heterocycles. The number of aromatic nitrogens is 3. The SMILES string of the molecule is Cc1cc(Nc2cc(NC(=O)c3c(Cl)cccc3Cl)ccn2)nc(N2CCC(F)(F)CC2)n1. The lowest BCUT2D eigenvalue weighted by Crippen LogP contribution is -2.40. The molecule has 0 aliphatic carbocycles. The molecule has 33 heavy (non-hydrogen) atoms. The van der Waals surface area contributed by atoms with E-state index in [2.05, 4.69) is 25.6 Å². The fourth-order valence-corrected chi connectivity index (χ4v) is 3.98. The Hall–Kier alpha value is -3.04. The van der Waals surface area contributed by atoms with E-state index in [1.54, 1.807) is 48.2 Å². The van der Waals surface area contributed by atoms with E-state index in [0.29, 0.717) is 29.0 Å². The van der Waals surface area contributed by atoms with Crippen LogP contribution in [0.3, 0.4) is 0 Å². The summed E-state index contributed by atoms with van der Waals surface area (Å²) in [4.78, 5) is 27.5. The van der Waals surface area contributed by atoms with Gasteiger partial charge in [0, 0.05) is 55.6 Å². The summed E-state index contributed by atoms with van der Waals surface area (Å²) in [5.41, 5.74) is 1.32. The molecule has 2 N–H and O–H groups in total. The van der Waals surface area contributed by atoms with Crippen molar-refractivity contribution in [2.45, 2.75) is 25.7 Å². The number of piperidine rings is 1. The molecule has 0 bridgehead atoms. The first-order valence-electron chi connectivity index (χ1n) is 10.2. The van der Waals surface area contributed by atoms with Gasteiger partial charge in [0.25, 0.3) is 11.8 Å². The monoisotopic (exact) mass is 492 g/mol. The van der Waals surface area contributed by atoms with Gasteiger partial charge in [-0.3, -0.25) is 4.79 Å². The molecule has 7 nitrogen and oxygen atoms in total. The summed E-state index contributed by atoms with van der Waals surface area (Å²) in [5.74, 6) is -1.84. The van der Waals surface area contributed by atoms with Crippen LogP contribution in [0, 0.1) is 6.92 Å². The summed E-state index contributed by atoms with van der Waals surface area (Å²) in [7, 11) is 0. The van der Waals surface area contributed by atoms with Gasteiger partial charge in [0.1, 0.15) is 11.6 Å². The van der Waals surface area contributed by atoms with Gasteiger partial charge in [-0.25, -0.2) is 18.7 Å². The maximum Gasteiger partial charge on any atom is 0.258 e. The van der Waals surface area contributed by atoms with Crippen molar-refractivity contribution >= 4 is 52.4 Å². The van der Waals surface area contributed by atoms with Gasteiger partial charge in [-0.2, -0.15) is 4.98 Å². The zero-order valence-electron chi connectivity index (χ0n) is 17.6. The average molecular weight is 493 g/mol. The predicted octanol–water partition coefficient (Wildman–Crippen LogP) is 5.72. The molecule has 172 valence electrons. The van der Waals surface area contributed by atoms with Crippen LogP contribution in [0.5, 0.6) is 0 Å². The van der Waals surface area contributed by atoms with Crippen molar-refractivity contribution in [1.82, 2.24) is 15.0 Å². The van der Waals surface area contributed by atoms with Crippen LogP contribution in [0.1, 0.15) is 28.9 Å². The van der Waals surface area contributed by atoms with E-state index >= 15 is 0 Å². The molecule has 0 unspecified atom stereocenters. The maximum atomic E-state index is 13.5. The minimum atomic E-state index is -2.65. The van der Waals surface area contributed by atoms with Crippen LogP contribution >= 0.6 is 23.2 Å². The van der Waals surface area contributed by atoms with Crippen LogP contribution in [-0.4, -0.2) is 39.9 Å². The molecule has 3 heterocycles. The van der Waals surface area contributed by atoms with E-state index in [4.69, 9.17) is 23.2 Å². The Balaban J connectivity index is 1.50. The number of halogens is 4. The van der Waals surface area contributed by atoms with E-state index in [9.17, 15) is 13.6 Å². The van der Waals surface area contributed by atoms with E-state index in [1.165, 1.54) is 6.20 Å².